The summed E-state index contributed by atoms with van der Waals surface area (Å²) in [6, 6.07) is 7.50. The molecule has 0 saturated carbocycles. The average Bonchev–Trinajstić information content (AvgIpc) is 2.30. The molecule has 0 atom stereocenters. The monoisotopic (exact) mass is 298 g/mol. The second kappa shape index (κ2) is 7.58. The second-order valence-electron chi connectivity index (χ2n) is 4.12. The van der Waals surface area contributed by atoms with Crippen LogP contribution in [0.3, 0.4) is 0 Å². The van der Waals surface area contributed by atoms with Crippen molar-refractivity contribution in [2.24, 2.45) is 0 Å². The van der Waals surface area contributed by atoms with Gasteiger partial charge in [0.05, 0.1) is 6.54 Å². The molecule has 0 bridgehead atoms. The number of nitrogens with zero attached hydrogens (tertiary/aromatic N) is 1. The van der Waals surface area contributed by atoms with Gasteiger partial charge in [0.25, 0.3) is 0 Å². The van der Waals surface area contributed by atoms with Crippen LogP contribution < -0.4 is 5.32 Å². The van der Waals surface area contributed by atoms with E-state index in [0.29, 0.717) is 6.54 Å². The van der Waals surface area contributed by atoms with Crippen LogP contribution >= 0.6 is 15.9 Å². The Kier molecular flexibility index (Phi) is 6.40. The normalized spacial score (nSPS) is 10.8. The SMILES string of the molecule is CNCCCN(C)CC(=O)c1ccc(Br)cc1. The van der Waals surface area contributed by atoms with Gasteiger partial charge in [-0.25, -0.2) is 0 Å². The molecule has 0 radical (unpaired) electrons. The van der Waals surface area contributed by atoms with Gasteiger partial charge in [-0.2, -0.15) is 0 Å². The Bertz CT molecular complexity index is 351. The maximum absolute atomic E-state index is 11.9. The molecule has 0 spiro atoms. The summed E-state index contributed by atoms with van der Waals surface area (Å²) in [5.74, 6) is 0.171. The van der Waals surface area contributed by atoms with Gasteiger partial charge >= 0.3 is 0 Å². The highest BCUT2D eigenvalue weighted by molar-refractivity contribution is 9.10. The zero-order chi connectivity index (χ0) is 12.7. The standard InChI is InChI=1S/C13H19BrN2O/c1-15-8-3-9-16(2)10-13(17)11-4-6-12(14)7-5-11/h4-7,15H,3,8-10H2,1-2H3. The van der Waals surface area contributed by atoms with Gasteiger partial charge in [-0.1, -0.05) is 28.1 Å². The van der Waals surface area contributed by atoms with Gasteiger partial charge in [0.1, 0.15) is 0 Å². The number of carbonyl (C=O) groups is 1. The Morgan fingerprint density at radius 1 is 1.35 bits per heavy atom. The number of Topliss-reactive ketones (excluding diaryl/α,β-unsaturated/α-hetero) is 1. The van der Waals surface area contributed by atoms with Crippen LogP contribution in [0.4, 0.5) is 0 Å². The molecule has 0 aliphatic heterocycles. The van der Waals surface area contributed by atoms with E-state index >= 15 is 0 Å². The van der Waals surface area contributed by atoms with Crippen LogP contribution in [0.15, 0.2) is 28.7 Å². The number of rotatable bonds is 7. The summed E-state index contributed by atoms with van der Waals surface area (Å²) in [4.78, 5) is 14.0. The van der Waals surface area contributed by atoms with Crippen molar-refractivity contribution in [1.82, 2.24) is 10.2 Å². The molecule has 0 amide bonds. The molecule has 4 heteroatoms. The highest BCUT2D eigenvalue weighted by Gasteiger charge is 2.08. The Morgan fingerprint density at radius 2 is 2.00 bits per heavy atom. The number of ketones is 1. The number of benzene rings is 1. The predicted molar refractivity (Wildman–Crippen MR) is 74.5 cm³/mol. The molecule has 1 aromatic carbocycles. The third kappa shape index (κ3) is 5.44. The van der Waals surface area contributed by atoms with Crippen LogP contribution in [0.5, 0.6) is 0 Å². The number of nitrogens with one attached hydrogen (secondary N) is 1. The molecule has 1 aromatic rings. The van der Waals surface area contributed by atoms with Gasteiger partial charge in [0, 0.05) is 10.0 Å². The second-order valence-corrected chi connectivity index (χ2v) is 5.04. The summed E-state index contributed by atoms with van der Waals surface area (Å²) in [6.07, 6.45) is 1.06. The smallest absolute Gasteiger partial charge is 0.176 e. The van der Waals surface area contributed by atoms with Crippen LogP contribution in [0.2, 0.25) is 0 Å². The number of hydrogen-bond acceptors (Lipinski definition) is 3. The third-order valence-electron chi connectivity index (χ3n) is 2.55. The molecule has 0 fully saturated rings. The molecule has 0 aliphatic rings. The third-order valence-corrected chi connectivity index (χ3v) is 3.07. The summed E-state index contributed by atoms with van der Waals surface area (Å²) in [7, 11) is 3.92. The van der Waals surface area contributed by atoms with E-state index in [9.17, 15) is 4.79 Å². The Morgan fingerprint density at radius 3 is 2.59 bits per heavy atom. The zero-order valence-electron chi connectivity index (χ0n) is 10.4. The highest BCUT2D eigenvalue weighted by Crippen LogP contribution is 2.11. The van der Waals surface area contributed by atoms with Crippen molar-refractivity contribution in [3.05, 3.63) is 34.3 Å². The lowest BCUT2D eigenvalue weighted by Crippen LogP contribution is -2.28. The van der Waals surface area contributed by atoms with E-state index in [1.807, 2.05) is 38.4 Å². The quantitative estimate of drug-likeness (QED) is 0.618. The lowest BCUT2D eigenvalue weighted by Gasteiger charge is -2.15. The van der Waals surface area contributed by atoms with E-state index in [-0.39, 0.29) is 5.78 Å². The molecule has 3 nitrogen and oxygen atoms in total. The molecular formula is C13H19BrN2O. The van der Waals surface area contributed by atoms with Crippen molar-refractivity contribution in [2.45, 2.75) is 6.42 Å². The van der Waals surface area contributed by atoms with Crippen LogP contribution in [-0.2, 0) is 0 Å². The number of halogens is 1. The van der Waals surface area contributed by atoms with E-state index in [2.05, 4.69) is 26.1 Å². The van der Waals surface area contributed by atoms with Crippen molar-refractivity contribution in [3.8, 4) is 0 Å². The van der Waals surface area contributed by atoms with E-state index in [1.54, 1.807) is 0 Å². The minimum atomic E-state index is 0.171. The first-order valence-electron chi connectivity index (χ1n) is 5.75. The van der Waals surface area contributed by atoms with Gasteiger partial charge < -0.3 is 5.32 Å². The zero-order valence-corrected chi connectivity index (χ0v) is 12.0. The van der Waals surface area contributed by atoms with Crippen LogP contribution in [-0.4, -0.2) is 44.4 Å². The van der Waals surface area contributed by atoms with E-state index in [1.165, 1.54) is 0 Å². The molecule has 0 aliphatic carbocycles. The van der Waals surface area contributed by atoms with E-state index < -0.39 is 0 Å². The number of carbonyl (C=O) groups excluding carboxylic acids is 1. The van der Waals surface area contributed by atoms with Crippen molar-refractivity contribution < 1.29 is 4.79 Å². The largest absolute Gasteiger partial charge is 0.320 e. The van der Waals surface area contributed by atoms with Gasteiger partial charge in [0.2, 0.25) is 0 Å². The summed E-state index contributed by atoms with van der Waals surface area (Å²) in [5, 5.41) is 3.10. The van der Waals surface area contributed by atoms with Crippen LogP contribution in [0.25, 0.3) is 0 Å². The maximum Gasteiger partial charge on any atom is 0.176 e. The fraction of sp³-hybridized carbons (Fsp3) is 0.462. The molecule has 0 unspecified atom stereocenters. The van der Waals surface area contributed by atoms with E-state index in [4.69, 9.17) is 0 Å². The molecule has 17 heavy (non-hydrogen) atoms. The van der Waals surface area contributed by atoms with Crippen molar-refractivity contribution in [3.63, 3.8) is 0 Å². The first kappa shape index (κ1) is 14.4. The van der Waals surface area contributed by atoms with Gasteiger partial charge in [-0.3, -0.25) is 9.69 Å². The average molecular weight is 299 g/mol. The molecule has 0 saturated heterocycles. The first-order chi connectivity index (χ1) is 8.13. The Labute approximate surface area is 111 Å². The van der Waals surface area contributed by atoms with Gasteiger partial charge in [0.15, 0.2) is 5.78 Å². The molecule has 1 rings (SSSR count). The lowest BCUT2D eigenvalue weighted by molar-refractivity contribution is 0.0946. The summed E-state index contributed by atoms with van der Waals surface area (Å²) >= 11 is 3.36. The Balaban J connectivity index is 2.40. The molecular weight excluding hydrogens is 280 g/mol. The topological polar surface area (TPSA) is 32.3 Å². The molecule has 0 heterocycles. The Hall–Kier alpha value is -0.710. The van der Waals surface area contributed by atoms with Crippen molar-refractivity contribution in [2.75, 3.05) is 33.7 Å². The highest BCUT2D eigenvalue weighted by atomic mass is 79.9. The molecule has 1 N–H and O–H groups in total. The van der Waals surface area contributed by atoms with Crippen molar-refractivity contribution in [1.29, 1.82) is 0 Å². The van der Waals surface area contributed by atoms with Gasteiger partial charge in [-0.15, -0.1) is 0 Å². The first-order valence-corrected chi connectivity index (χ1v) is 6.54. The maximum atomic E-state index is 11.9. The van der Waals surface area contributed by atoms with Gasteiger partial charge in [-0.05, 0) is 45.7 Å². The van der Waals surface area contributed by atoms with E-state index in [0.717, 1.165) is 29.5 Å². The minimum absolute atomic E-state index is 0.171. The lowest BCUT2D eigenvalue weighted by atomic mass is 10.1. The summed E-state index contributed by atoms with van der Waals surface area (Å²) < 4.78 is 0.997. The van der Waals surface area contributed by atoms with Crippen LogP contribution in [0, 0.1) is 0 Å². The summed E-state index contributed by atoms with van der Waals surface area (Å²) in [5.41, 5.74) is 0.772. The van der Waals surface area contributed by atoms with Crippen molar-refractivity contribution >= 4 is 21.7 Å². The molecule has 94 valence electrons. The van der Waals surface area contributed by atoms with Crippen LogP contribution in [0.1, 0.15) is 16.8 Å². The minimum Gasteiger partial charge on any atom is -0.320 e. The number of hydrogen-bond donors (Lipinski definition) is 1. The fourth-order valence-corrected chi connectivity index (χ4v) is 1.84. The predicted octanol–water partition coefficient (Wildman–Crippen LogP) is 2.17. The fourth-order valence-electron chi connectivity index (χ4n) is 1.58. The molecule has 0 aromatic heterocycles. The summed E-state index contributed by atoms with van der Waals surface area (Å²) in [6.45, 7) is 2.39. The number of likely N-dealkylation sites (N-methyl/N-ethyl adjacent to an activating group) is 1.